The Balaban J connectivity index is 2.64. The van der Waals surface area contributed by atoms with Gasteiger partial charge in [-0.3, -0.25) is 4.98 Å². The fraction of sp³-hybridized carbons (Fsp3) is 0.273. The summed E-state index contributed by atoms with van der Waals surface area (Å²) in [5.41, 5.74) is 1.56. The lowest BCUT2D eigenvalue weighted by atomic mass is 10.1. The number of H-pyrrole nitrogens is 1. The van der Waals surface area contributed by atoms with E-state index in [-0.39, 0.29) is 10.8 Å². The lowest BCUT2D eigenvalue weighted by Crippen LogP contribution is -2.04. The lowest BCUT2D eigenvalue weighted by Gasteiger charge is -2.05. The molecule has 0 bridgehead atoms. The van der Waals surface area contributed by atoms with Gasteiger partial charge in [0.1, 0.15) is 10.7 Å². The van der Waals surface area contributed by atoms with Gasteiger partial charge in [0.2, 0.25) is 4.77 Å². The molecule has 100 valence electrons. The van der Waals surface area contributed by atoms with Gasteiger partial charge in [-0.1, -0.05) is 0 Å². The molecule has 0 aromatic carbocycles. The van der Waals surface area contributed by atoms with Crippen molar-refractivity contribution >= 4 is 29.5 Å². The molecule has 0 saturated heterocycles. The molecular weight excluding hydrogens is 286 g/mol. The van der Waals surface area contributed by atoms with Crippen LogP contribution in [-0.4, -0.2) is 35.1 Å². The number of hydrogen-bond acceptors (Lipinski definition) is 7. The van der Waals surface area contributed by atoms with Crippen molar-refractivity contribution in [2.24, 2.45) is 0 Å². The van der Waals surface area contributed by atoms with Crippen LogP contribution in [0.4, 0.5) is 0 Å². The molecule has 0 saturated carbocycles. The number of nitrogens with zero attached hydrogens (tertiary/aromatic N) is 2. The third-order valence-corrected chi connectivity index (χ3v) is 3.67. The van der Waals surface area contributed by atoms with Crippen LogP contribution in [0.15, 0.2) is 5.38 Å². The van der Waals surface area contributed by atoms with Crippen LogP contribution in [0.5, 0.6) is 6.01 Å². The minimum Gasteiger partial charge on any atom is -0.468 e. The van der Waals surface area contributed by atoms with Gasteiger partial charge in [0, 0.05) is 5.56 Å². The van der Waals surface area contributed by atoms with Gasteiger partial charge in [-0.15, -0.1) is 11.3 Å². The minimum atomic E-state index is -0.412. The summed E-state index contributed by atoms with van der Waals surface area (Å²) >= 11 is 6.27. The van der Waals surface area contributed by atoms with Crippen LogP contribution in [0.3, 0.4) is 0 Å². The molecule has 0 unspecified atom stereocenters. The highest BCUT2D eigenvalue weighted by Crippen LogP contribution is 2.31. The Kier molecular flexibility index (Phi) is 3.91. The lowest BCUT2D eigenvalue weighted by molar-refractivity contribution is 0.0607. The van der Waals surface area contributed by atoms with Crippen LogP contribution >= 0.6 is 23.6 Å². The van der Waals surface area contributed by atoms with E-state index in [1.165, 1.54) is 25.6 Å². The van der Waals surface area contributed by atoms with E-state index < -0.39 is 5.97 Å². The van der Waals surface area contributed by atoms with Crippen LogP contribution in [0.2, 0.25) is 0 Å². The van der Waals surface area contributed by atoms with Gasteiger partial charge in [0.25, 0.3) is 6.01 Å². The SMILES string of the molecule is COC(=O)c1scc(C)c1-c1nc(=S)nc(OC)[nH]1. The van der Waals surface area contributed by atoms with Crippen molar-refractivity contribution in [3.05, 3.63) is 20.6 Å². The largest absolute Gasteiger partial charge is 0.468 e. The van der Waals surface area contributed by atoms with Crippen LogP contribution in [0.1, 0.15) is 15.2 Å². The summed E-state index contributed by atoms with van der Waals surface area (Å²) in [7, 11) is 2.81. The second kappa shape index (κ2) is 5.45. The molecule has 0 aliphatic carbocycles. The highest BCUT2D eigenvalue weighted by atomic mass is 32.1. The third-order valence-electron chi connectivity index (χ3n) is 2.41. The molecule has 2 aromatic heterocycles. The summed E-state index contributed by atoms with van der Waals surface area (Å²) in [5.74, 6) is 0.0287. The molecule has 19 heavy (non-hydrogen) atoms. The van der Waals surface area contributed by atoms with E-state index >= 15 is 0 Å². The summed E-state index contributed by atoms with van der Waals surface area (Å²) in [6.07, 6.45) is 0. The van der Waals surface area contributed by atoms with Gasteiger partial charge in [0.15, 0.2) is 0 Å². The number of carbonyl (C=O) groups is 1. The van der Waals surface area contributed by atoms with Gasteiger partial charge >= 0.3 is 5.97 Å². The zero-order valence-electron chi connectivity index (χ0n) is 10.5. The molecule has 0 spiro atoms. The van der Waals surface area contributed by atoms with E-state index in [0.717, 1.165) is 5.56 Å². The molecule has 0 aliphatic rings. The molecule has 0 radical (unpaired) electrons. The topological polar surface area (TPSA) is 77.1 Å². The number of ether oxygens (including phenoxy) is 2. The van der Waals surface area contributed by atoms with Crippen molar-refractivity contribution in [3.8, 4) is 17.4 Å². The van der Waals surface area contributed by atoms with E-state index in [0.29, 0.717) is 16.3 Å². The van der Waals surface area contributed by atoms with E-state index in [9.17, 15) is 4.79 Å². The number of rotatable bonds is 3. The first-order valence-corrected chi connectivity index (χ1v) is 6.54. The first kappa shape index (κ1) is 13.6. The minimum absolute atomic E-state index is 0.145. The average molecular weight is 297 g/mol. The molecular formula is C11H11N3O3S2. The number of hydrogen-bond donors (Lipinski definition) is 1. The normalized spacial score (nSPS) is 10.3. The molecule has 0 atom stereocenters. The zero-order valence-corrected chi connectivity index (χ0v) is 12.1. The van der Waals surface area contributed by atoms with Crippen molar-refractivity contribution in [1.82, 2.24) is 15.0 Å². The number of aryl methyl sites for hydroxylation is 1. The first-order valence-electron chi connectivity index (χ1n) is 5.26. The monoisotopic (exact) mass is 297 g/mol. The van der Waals surface area contributed by atoms with Crippen molar-refractivity contribution in [1.29, 1.82) is 0 Å². The van der Waals surface area contributed by atoms with E-state index in [1.54, 1.807) is 0 Å². The third kappa shape index (κ3) is 2.64. The van der Waals surface area contributed by atoms with Gasteiger partial charge in [-0.2, -0.15) is 4.98 Å². The number of thiophene rings is 1. The maximum absolute atomic E-state index is 11.7. The Morgan fingerprint density at radius 3 is 2.79 bits per heavy atom. The maximum Gasteiger partial charge on any atom is 0.348 e. The summed E-state index contributed by atoms with van der Waals surface area (Å²) in [5, 5.41) is 1.85. The molecule has 0 aliphatic heterocycles. The van der Waals surface area contributed by atoms with Gasteiger partial charge < -0.3 is 9.47 Å². The van der Waals surface area contributed by atoms with Crippen LogP contribution in [0, 0.1) is 11.7 Å². The summed E-state index contributed by atoms with van der Waals surface area (Å²) in [6.45, 7) is 1.88. The predicted octanol–water partition coefficient (Wildman–Crippen LogP) is 2.37. The van der Waals surface area contributed by atoms with Gasteiger partial charge in [-0.25, -0.2) is 9.78 Å². The van der Waals surface area contributed by atoms with Crippen molar-refractivity contribution in [3.63, 3.8) is 0 Å². The van der Waals surface area contributed by atoms with E-state index in [2.05, 4.69) is 15.0 Å². The second-order valence-electron chi connectivity index (χ2n) is 3.60. The van der Waals surface area contributed by atoms with Crippen molar-refractivity contribution in [2.45, 2.75) is 6.92 Å². The summed E-state index contributed by atoms with van der Waals surface area (Å²) < 4.78 is 9.92. The number of methoxy groups -OCH3 is 2. The molecule has 0 fully saturated rings. The highest BCUT2D eigenvalue weighted by molar-refractivity contribution is 7.71. The Morgan fingerprint density at radius 1 is 1.42 bits per heavy atom. The molecule has 6 nitrogen and oxygen atoms in total. The van der Waals surface area contributed by atoms with E-state index in [4.69, 9.17) is 21.7 Å². The highest BCUT2D eigenvalue weighted by Gasteiger charge is 2.20. The smallest absolute Gasteiger partial charge is 0.348 e. The van der Waals surface area contributed by atoms with Crippen molar-refractivity contribution < 1.29 is 14.3 Å². The number of esters is 1. The molecule has 1 N–H and O–H groups in total. The molecule has 0 amide bonds. The first-order chi connectivity index (χ1) is 9.06. The Morgan fingerprint density at radius 2 is 2.16 bits per heavy atom. The number of carbonyl (C=O) groups excluding carboxylic acids is 1. The molecule has 8 heteroatoms. The van der Waals surface area contributed by atoms with Gasteiger partial charge in [0.05, 0.1) is 14.2 Å². The van der Waals surface area contributed by atoms with E-state index in [1.807, 2.05) is 12.3 Å². The maximum atomic E-state index is 11.7. The Hall–Kier alpha value is -1.80. The standard InChI is InChI=1S/C11H11N3O3S2/c1-5-4-19-7(9(15)16-2)6(5)8-12-10(17-3)14-11(18)13-8/h4H,1-3H3,(H,12,13,14,18). The number of aromatic nitrogens is 3. The predicted molar refractivity (Wildman–Crippen MR) is 73.2 cm³/mol. The van der Waals surface area contributed by atoms with Crippen molar-refractivity contribution in [2.75, 3.05) is 14.2 Å². The van der Waals surface area contributed by atoms with Crippen LogP contribution < -0.4 is 4.74 Å². The second-order valence-corrected chi connectivity index (χ2v) is 4.85. The quantitative estimate of drug-likeness (QED) is 0.692. The number of aromatic amines is 1. The zero-order chi connectivity index (χ0) is 14.0. The molecule has 2 heterocycles. The molecule has 2 rings (SSSR count). The Labute approximate surface area is 118 Å². The average Bonchev–Trinajstić information content (AvgIpc) is 2.79. The molecule has 2 aromatic rings. The van der Waals surface area contributed by atoms with Gasteiger partial charge in [-0.05, 0) is 30.1 Å². The fourth-order valence-electron chi connectivity index (χ4n) is 1.56. The Bertz CT molecular complexity index is 678. The summed E-state index contributed by atoms with van der Waals surface area (Å²) in [4.78, 5) is 23.1. The van der Waals surface area contributed by atoms with Crippen LogP contribution in [-0.2, 0) is 4.74 Å². The fourth-order valence-corrected chi connectivity index (χ4v) is 2.70. The van der Waals surface area contributed by atoms with Crippen LogP contribution in [0.25, 0.3) is 11.4 Å². The number of nitrogens with one attached hydrogen (secondary N) is 1. The summed E-state index contributed by atoms with van der Waals surface area (Å²) in [6, 6.07) is 0.247.